The van der Waals surface area contributed by atoms with Crippen molar-refractivity contribution >= 4 is 10.0 Å². The van der Waals surface area contributed by atoms with Gasteiger partial charge in [0.2, 0.25) is 21.5 Å². The van der Waals surface area contributed by atoms with Gasteiger partial charge >= 0.3 is 6.18 Å². The molecule has 2 aromatic rings. The van der Waals surface area contributed by atoms with Crippen molar-refractivity contribution in [2.75, 3.05) is 25.4 Å². The van der Waals surface area contributed by atoms with Gasteiger partial charge in [-0.1, -0.05) is 0 Å². The van der Waals surface area contributed by atoms with Crippen molar-refractivity contribution in [3.63, 3.8) is 0 Å². The maximum atomic E-state index is 13.3. The van der Waals surface area contributed by atoms with Crippen molar-refractivity contribution in [2.24, 2.45) is 0 Å². The minimum Gasteiger partial charge on any atom is -0.475 e. The minimum atomic E-state index is -4.88. The highest BCUT2D eigenvalue weighted by molar-refractivity contribution is 7.89. The molecule has 0 spiro atoms. The number of imidazole rings is 1. The standard InChI is InChI=1S/C17H22F3N5O4S/c1-11-10-24-12(13-9-21-15(25(11)13)16(2,26)17(18,19)20)8-14(22-24)29-6-5-23-4-3-7-30(23,27)28/h8-9,11,26H,3-7,10H2,1-2H3/t11-,16+/m0/s1. The van der Waals surface area contributed by atoms with Crippen LogP contribution in [0.1, 0.15) is 32.1 Å². The number of hydrogen-bond donors (Lipinski definition) is 1. The topological polar surface area (TPSA) is 102 Å². The van der Waals surface area contributed by atoms with E-state index in [0.717, 1.165) is 0 Å². The Morgan fingerprint density at radius 1 is 1.33 bits per heavy atom. The Hall–Kier alpha value is -2.12. The summed E-state index contributed by atoms with van der Waals surface area (Å²) in [4.78, 5) is 3.86. The van der Waals surface area contributed by atoms with Crippen molar-refractivity contribution in [3.05, 3.63) is 18.1 Å². The van der Waals surface area contributed by atoms with E-state index in [1.54, 1.807) is 17.7 Å². The fourth-order valence-corrected chi connectivity index (χ4v) is 5.33. The fourth-order valence-electron chi connectivity index (χ4n) is 3.82. The van der Waals surface area contributed by atoms with Gasteiger partial charge in [-0.15, -0.1) is 5.10 Å². The molecule has 4 heterocycles. The molecule has 4 rings (SSSR count). The predicted octanol–water partition coefficient (Wildman–Crippen LogP) is 1.51. The smallest absolute Gasteiger partial charge is 0.424 e. The molecular formula is C17H22F3N5O4S. The van der Waals surface area contributed by atoms with Gasteiger partial charge in [0.05, 0.1) is 35.9 Å². The molecule has 0 radical (unpaired) electrons. The van der Waals surface area contributed by atoms with Crippen LogP contribution in [0.5, 0.6) is 5.88 Å². The van der Waals surface area contributed by atoms with E-state index >= 15 is 0 Å². The van der Waals surface area contributed by atoms with Gasteiger partial charge in [-0.25, -0.2) is 13.4 Å². The summed E-state index contributed by atoms with van der Waals surface area (Å²) >= 11 is 0. The zero-order chi connectivity index (χ0) is 21.9. The van der Waals surface area contributed by atoms with E-state index in [0.29, 0.717) is 31.3 Å². The first-order valence-corrected chi connectivity index (χ1v) is 11.1. The molecule has 0 unspecified atom stereocenters. The molecule has 0 aliphatic carbocycles. The van der Waals surface area contributed by atoms with E-state index < -0.39 is 33.7 Å². The lowest BCUT2D eigenvalue weighted by molar-refractivity contribution is -0.262. The van der Waals surface area contributed by atoms with Crippen LogP contribution in [0.25, 0.3) is 11.4 Å². The molecule has 0 amide bonds. The number of rotatable bonds is 5. The van der Waals surface area contributed by atoms with Crippen LogP contribution in [0, 0.1) is 0 Å². The molecule has 1 N–H and O–H groups in total. The van der Waals surface area contributed by atoms with Gasteiger partial charge in [-0.3, -0.25) is 4.68 Å². The number of alkyl halides is 3. The highest BCUT2D eigenvalue weighted by Crippen LogP contribution is 2.42. The number of sulfonamides is 1. The van der Waals surface area contributed by atoms with Crippen molar-refractivity contribution < 1.29 is 31.4 Å². The lowest BCUT2D eigenvalue weighted by Crippen LogP contribution is -2.42. The summed E-state index contributed by atoms with van der Waals surface area (Å²) in [6.45, 7) is 3.44. The van der Waals surface area contributed by atoms with Crippen molar-refractivity contribution in [1.82, 2.24) is 23.6 Å². The van der Waals surface area contributed by atoms with Crippen molar-refractivity contribution in [2.45, 2.75) is 44.6 Å². The van der Waals surface area contributed by atoms with E-state index in [1.165, 1.54) is 15.1 Å². The summed E-state index contributed by atoms with van der Waals surface area (Å²) in [5.41, 5.74) is -2.20. The van der Waals surface area contributed by atoms with Gasteiger partial charge in [-0.05, 0) is 20.3 Å². The number of ether oxygens (including phenoxy) is 1. The van der Waals surface area contributed by atoms with Crippen LogP contribution in [-0.4, -0.2) is 68.8 Å². The first-order chi connectivity index (χ1) is 13.9. The highest BCUT2D eigenvalue weighted by atomic mass is 32.2. The van der Waals surface area contributed by atoms with Crippen molar-refractivity contribution in [1.29, 1.82) is 0 Å². The normalized spacial score (nSPS) is 23.1. The third-order valence-electron chi connectivity index (χ3n) is 5.48. The van der Waals surface area contributed by atoms with E-state index in [1.807, 2.05) is 0 Å². The largest absolute Gasteiger partial charge is 0.475 e. The average molecular weight is 449 g/mol. The molecule has 1 fully saturated rings. The summed E-state index contributed by atoms with van der Waals surface area (Å²) in [5, 5.41) is 14.4. The Balaban J connectivity index is 1.56. The summed E-state index contributed by atoms with van der Waals surface area (Å²) in [6.07, 6.45) is -3.01. The van der Waals surface area contributed by atoms with E-state index in [2.05, 4.69) is 10.1 Å². The van der Waals surface area contributed by atoms with Gasteiger partial charge in [0, 0.05) is 19.2 Å². The molecule has 0 aromatic carbocycles. The third kappa shape index (κ3) is 3.38. The SMILES string of the molecule is C[C@H]1Cn2nc(OCCN3CCCS3(=O)=O)cc2-c2cnc([C@@](C)(O)C(F)(F)F)n21. The van der Waals surface area contributed by atoms with Crippen LogP contribution in [-0.2, 0) is 22.2 Å². The van der Waals surface area contributed by atoms with Crippen LogP contribution in [0.4, 0.5) is 13.2 Å². The number of halogens is 3. The quantitative estimate of drug-likeness (QED) is 0.742. The van der Waals surface area contributed by atoms with Gasteiger partial charge in [0.1, 0.15) is 6.61 Å². The van der Waals surface area contributed by atoms with Gasteiger partial charge in [0.25, 0.3) is 0 Å². The Morgan fingerprint density at radius 3 is 2.70 bits per heavy atom. The van der Waals surface area contributed by atoms with Crippen molar-refractivity contribution in [3.8, 4) is 17.3 Å². The summed E-state index contributed by atoms with van der Waals surface area (Å²) < 4.78 is 73.6. The van der Waals surface area contributed by atoms with Crippen LogP contribution in [0.15, 0.2) is 12.3 Å². The first-order valence-electron chi connectivity index (χ1n) is 9.47. The second-order valence-electron chi connectivity index (χ2n) is 7.72. The zero-order valence-electron chi connectivity index (χ0n) is 16.4. The second kappa shape index (κ2) is 6.95. The Labute approximate surface area is 171 Å². The summed E-state index contributed by atoms with van der Waals surface area (Å²) in [6, 6.07) is 1.14. The van der Waals surface area contributed by atoms with Crippen LogP contribution in [0.3, 0.4) is 0 Å². The molecular weight excluding hydrogens is 427 g/mol. The molecule has 13 heteroatoms. The lowest BCUT2D eigenvalue weighted by Gasteiger charge is -2.31. The third-order valence-corrected chi connectivity index (χ3v) is 7.43. The maximum absolute atomic E-state index is 13.3. The molecule has 30 heavy (non-hydrogen) atoms. The molecule has 0 bridgehead atoms. The van der Waals surface area contributed by atoms with E-state index in [-0.39, 0.29) is 31.3 Å². The fraction of sp³-hybridized carbons (Fsp3) is 0.647. The number of aliphatic hydroxyl groups is 1. The number of fused-ring (bicyclic) bond motifs is 3. The molecule has 2 atom stereocenters. The van der Waals surface area contributed by atoms with Gasteiger partial charge < -0.3 is 14.4 Å². The minimum absolute atomic E-state index is 0.110. The summed E-state index contributed by atoms with van der Waals surface area (Å²) in [5.74, 6) is -0.100. The predicted molar refractivity (Wildman–Crippen MR) is 99.3 cm³/mol. The molecule has 2 aliphatic heterocycles. The Morgan fingerprint density at radius 2 is 2.07 bits per heavy atom. The summed E-state index contributed by atoms with van der Waals surface area (Å²) in [7, 11) is -3.21. The monoisotopic (exact) mass is 449 g/mol. The molecule has 9 nitrogen and oxygen atoms in total. The van der Waals surface area contributed by atoms with Crippen LogP contribution in [0.2, 0.25) is 0 Å². The Kier molecular flexibility index (Phi) is 4.90. The lowest BCUT2D eigenvalue weighted by atomic mass is 10.0. The van der Waals surface area contributed by atoms with Gasteiger partial charge in [-0.2, -0.15) is 17.5 Å². The highest BCUT2D eigenvalue weighted by Gasteiger charge is 2.55. The Bertz CT molecular complexity index is 1060. The zero-order valence-corrected chi connectivity index (χ0v) is 17.2. The van der Waals surface area contributed by atoms with Crippen LogP contribution < -0.4 is 4.74 Å². The van der Waals surface area contributed by atoms with E-state index in [9.17, 15) is 26.7 Å². The first kappa shape index (κ1) is 21.1. The number of hydrogen-bond acceptors (Lipinski definition) is 6. The second-order valence-corrected chi connectivity index (χ2v) is 9.81. The molecule has 166 valence electrons. The molecule has 1 saturated heterocycles. The molecule has 0 saturated carbocycles. The van der Waals surface area contributed by atoms with Gasteiger partial charge in [0.15, 0.2) is 5.82 Å². The maximum Gasteiger partial charge on any atom is 0.424 e. The molecule has 2 aromatic heterocycles. The van der Waals surface area contributed by atoms with E-state index in [4.69, 9.17) is 4.74 Å². The molecule has 2 aliphatic rings. The number of aromatic nitrogens is 4. The van der Waals surface area contributed by atoms with Crippen LogP contribution >= 0.6 is 0 Å². The number of nitrogens with zero attached hydrogens (tertiary/aromatic N) is 5. The average Bonchev–Trinajstić information content (AvgIpc) is 3.31.